The van der Waals surface area contributed by atoms with Crippen LogP contribution >= 0.6 is 15.9 Å². The van der Waals surface area contributed by atoms with Crippen molar-refractivity contribution in [3.8, 4) is 0 Å². The fourth-order valence-corrected chi connectivity index (χ4v) is 2.91. The van der Waals surface area contributed by atoms with Gasteiger partial charge in [0.05, 0.1) is 0 Å². The van der Waals surface area contributed by atoms with Gasteiger partial charge in [-0.05, 0) is 56.2 Å². The van der Waals surface area contributed by atoms with E-state index in [4.69, 9.17) is 4.74 Å². The quantitative estimate of drug-likeness (QED) is 0.428. The summed E-state index contributed by atoms with van der Waals surface area (Å²) in [7, 11) is 6.92. The zero-order valence-electron chi connectivity index (χ0n) is 20.9. The zero-order valence-corrected chi connectivity index (χ0v) is 22.5. The number of alkyl halides is 1. The van der Waals surface area contributed by atoms with Crippen molar-refractivity contribution in [2.24, 2.45) is 0 Å². The van der Waals surface area contributed by atoms with Gasteiger partial charge in [0.1, 0.15) is 5.60 Å². The van der Waals surface area contributed by atoms with Gasteiger partial charge in [-0.2, -0.15) is 0 Å². The van der Waals surface area contributed by atoms with Crippen LogP contribution in [0.15, 0.2) is 48.5 Å². The highest BCUT2D eigenvalue weighted by Crippen LogP contribution is 2.09. The third kappa shape index (κ3) is 10.8. The fraction of sp³-hybridized carbons (Fsp3) is 0.400. The molecular weight excluding hydrogens is 500 g/mol. The molecule has 2 N–H and O–H groups in total. The summed E-state index contributed by atoms with van der Waals surface area (Å²) in [5.74, 6) is 0.00233. The molecule has 0 aromatic heterocycles. The lowest BCUT2D eigenvalue weighted by Crippen LogP contribution is -2.40. The molecule has 2 aromatic carbocycles. The van der Waals surface area contributed by atoms with Crippen molar-refractivity contribution in [3.05, 3.63) is 70.8 Å². The van der Waals surface area contributed by atoms with Gasteiger partial charge >= 0.3 is 6.09 Å². The van der Waals surface area contributed by atoms with Crippen LogP contribution in [0.4, 0.5) is 4.79 Å². The maximum Gasteiger partial charge on any atom is 0.422 e. The fourth-order valence-electron chi connectivity index (χ4n) is 2.54. The number of hydrogen-bond donors (Lipinski definition) is 2. The van der Waals surface area contributed by atoms with Crippen LogP contribution in [0.25, 0.3) is 0 Å². The lowest BCUT2D eigenvalue weighted by Gasteiger charge is -2.19. The van der Waals surface area contributed by atoms with Crippen molar-refractivity contribution < 1.29 is 19.1 Å². The Morgan fingerprint density at radius 1 is 0.794 bits per heavy atom. The van der Waals surface area contributed by atoms with E-state index >= 15 is 0 Å². The molecule has 0 bridgehead atoms. The van der Waals surface area contributed by atoms with E-state index < -0.39 is 11.7 Å². The lowest BCUT2D eigenvalue weighted by molar-refractivity contribution is 0.0496. The Kier molecular flexibility index (Phi) is 11.7. The normalized spacial score (nSPS) is 10.5. The maximum absolute atomic E-state index is 11.7. The zero-order chi connectivity index (χ0) is 25.9. The number of carbonyl (C=O) groups excluding carboxylic acids is 3. The molecule has 0 spiro atoms. The van der Waals surface area contributed by atoms with Crippen molar-refractivity contribution in [2.75, 3.05) is 28.2 Å². The molecule has 0 saturated carbocycles. The first-order valence-corrected chi connectivity index (χ1v) is 11.8. The van der Waals surface area contributed by atoms with E-state index in [0.717, 1.165) is 16.5 Å². The molecule has 0 radical (unpaired) electrons. The number of carbonyl (C=O) groups is 3. The topological polar surface area (TPSA) is 91.0 Å². The minimum Gasteiger partial charge on any atom is -0.443 e. The standard InChI is InChI=1S/C15H23N3O3.C10H12BrNO/c1-15(2,3)21-14(20)17-16-10-11-6-8-12(9-7-11)13(19)18(4)5;1-12(2)10(13)9-5-3-8(7-11)4-6-9/h6-9,16H,10H2,1-5H3,(H,17,20);3-6H,7H2,1-2H3. The van der Waals surface area contributed by atoms with E-state index in [1.165, 1.54) is 10.5 Å². The number of rotatable bonds is 6. The number of halogens is 1. The highest BCUT2D eigenvalue weighted by Gasteiger charge is 2.15. The van der Waals surface area contributed by atoms with Gasteiger partial charge in [-0.1, -0.05) is 40.2 Å². The molecule has 2 aromatic rings. The Morgan fingerprint density at radius 2 is 1.21 bits per heavy atom. The van der Waals surface area contributed by atoms with Gasteiger partial charge in [0.25, 0.3) is 11.8 Å². The Hall–Kier alpha value is -2.91. The van der Waals surface area contributed by atoms with Gasteiger partial charge in [0, 0.05) is 51.2 Å². The van der Waals surface area contributed by atoms with Crippen LogP contribution in [0.1, 0.15) is 52.6 Å². The average Bonchev–Trinajstić information content (AvgIpc) is 2.77. The SMILES string of the molecule is CN(C)C(=O)c1ccc(CBr)cc1.CN(C)C(=O)c1ccc(CNNC(=O)OC(C)(C)C)cc1. The molecule has 0 heterocycles. The number of hydrogen-bond acceptors (Lipinski definition) is 5. The van der Waals surface area contributed by atoms with Gasteiger partial charge in [0.15, 0.2) is 0 Å². The summed E-state index contributed by atoms with van der Waals surface area (Å²) in [4.78, 5) is 37.7. The minimum absolute atomic E-state index is 0.0404. The summed E-state index contributed by atoms with van der Waals surface area (Å²) < 4.78 is 5.09. The van der Waals surface area contributed by atoms with Crippen molar-refractivity contribution in [2.45, 2.75) is 38.2 Å². The molecule has 0 saturated heterocycles. The first kappa shape index (κ1) is 29.1. The number of amides is 3. The maximum atomic E-state index is 11.7. The molecule has 0 aliphatic carbocycles. The van der Waals surface area contributed by atoms with E-state index in [0.29, 0.717) is 12.1 Å². The second-order valence-corrected chi connectivity index (χ2v) is 9.47. The molecule has 8 nitrogen and oxygen atoms in total. The average molecular weight is 535 g/mol. The molecule has 0 aliphatic heterocycles. The first-order chi connectivity index (χ1) is 15.8. The number of nitrogens with zero attached hydrogens (tertiary/aromatic N) is 2. The van der Waals surface area contributed by atoms with Crippen molar-refractivity contribution in [3.63, 3.8) is 0 Å². The van der Waals surface area contributed by atoms with Gasteiger partial charge in [-0.25, -0.2) is 10.2 Å². The molecule has 9 heteroatoms. The van der Waals surface area contributed by atoms with Crippen molar-refractivity contribution in [1.82, 2.24) is 20.7 Å². The Balaban J connectivity index is 0.000000380. The smallest absolute Gasteiger partial charge is 0.422 e. The number of ether oxygens (including phenoxy) is 1. The lowest BCUT2D eigenvalue weighted by atomic mass is 10.1. The first-order valence-electron chi connectivity index (χ1n) is 10.7. The third-order valence-electron chi connectivity index (χ3n) is 4.25. The van der Waals surface area contributed by atoms with Gasteiger partial charge in [-0.15, -0.1) is 0 Å². The van der Waals surface area contributed by atoms with Crippen LogP contribution in [0.5, 0.6) is 0 Å². The van der Waals surface area contributed by atoms with Crippen LogP contribution < -0.4 is 10.9 Å². The minimum atomic E-state index is -0.528. The molecule has 34 heavy (non-hydrogen) atoms. The summed E-state index contributed by atoms with van der Waals surface area (Å²) in [6, 6.07) is 14.8. The van der Waals surface area contributed by atoms with Gasteiger partial charge in [-0.3, -0.25) is 15.0 Å². The highest BCUT2D eigenvalue weighted by molar-refractivity contribution is 9.08. The Labute approximate surface area is 210 Å². The summed E-state index contributed by atoms with van der Waals surface area (Å²) in [5, 5.41) is 0.823. The van der Waals surface area contributed by atoms with E-state index in [1.807, 2.05) is 36.4 Å². The summed E-state index contributed by atoms with van der Waals surface area (Å²) in [6.45, 7) is 5.84. The second kappa shape index (κ2) is 13.7. The largest absolute Gasteiger partial charge is 0.443 e. The van der Waals surface area contributed by atoms with E-state index in [-0.39, 0.29) is 11.8 Å². The van der Waals surface area contributed by atoms with Crippen LogP contribution in [-0.2, 0) is 16.6 Å². The predicted octanol–water partition coefficient (Wildman–Crippen LogP) is 4.20. The molecule has 2 rings (SSSR count). The second-order valence-electron chi connectivity index (χ2n) is 8.91. The third-order valence-corrected chi connectivity index (χ3v) is 4.90. The summed E-state index contributed by atoms with van der Waals surface area (Å²) >= 11 is 3.35. The molecule has 0 atom stereocenters. The predicted molar refractivity (Wildman–Crippen MR) is 138 cm³/mol. The van der Waals surface area contributed by atoms with Gasteiger partial charge < -0.3 is 14.5 Å². The summed E-state index contributed by atoms with van der Waals surface area (Å²) in [5.41, 5.74) is 8.19. The number of nitrogens with one attached hydrogen (secondary N) is 2. The van der Waals surface area contributed by atoms with E-state index in [2.05, 4.69) is 26.8 Å². The molecule has 0 fully saturated rings. The van der Waals surface area contributed by atoms with Crippen LogP contribution in [0.2, 0.25) is 0 Å². The molecule has 3 amide bonds. The molecule has 0 unspecified atom stereocenters. The van der Waals surface area contributed by atoms with Crippen LogP contribution in [-0.4, -0.2) is 61.5 Å². The number of hydrazine groups is 1. The Bertz CT molecular complexity index is 937. The molecule has 186 valence electrons. The van der Waals surface area contributed by atoms with Crippen LogP contribution in [0, 0.1) is 0 Å². The van der Waals surface area contributed by atoms with E-state index in [1.54, 1.807) is 66.0 Å². The van der Waals surface area contributed by atoms with Crippen LogP contribution in [0.3, 0.4) is 0 Å². The monoisotopic (exact) mass is 534 g/mol. The molecular formula is C25H35BrN4O4. The molecule has 0 aliphatic rings. The Morgan fingerprint density at radius 3 is 1.56 bits per heavy atom. The van der Waals surface area contributed by atoms with Crippen molar-refractivity contribution >= 4 is 33.8 Å². The highest BCUT2D eigenvalue weighted by atomic mass is 79.9. The van der Waals surface area contributed by atoms with E-state index in [9.17, 15) is 14.4 Å². The van der Waals surface area contributed by atoms with Gasteiger partial charge in [0.2, 0.25) is 0 Å². The number of benzene rings is 2. The van der Waals surface area contributed by atoms with Crippen molar-refractivity contribution in [1.29, 1.82) is 0 Å². The summed E-state index contributed by atoms with van der Waals surface area (Å²) in [6.07, 6.45) is -0.526.